The van der Waals surface area contributed by atoms with E-state index in [-0.39, 0.29) is 23.1 Å². The van der Waals surface area contributed by atoms with Crippen molar-refractivity contribution in [2.45, 2.75) is 25.8 Å². The van der Waals surface area contributed by atoms with Crippen LogP contribution in [0.15, 0.2) is 11.8 Å². The summed E-state index contributed by atoms with van der Waals surface area (Å²) in [5.41, 5.74) is -0.0345. The number of sulfone groups is 1. The molecule has 18 heavy (non-hydrogen) atoms. The Labute approximate surface area is 107 Å². The summed E-state index contributed by atoms with van der Waals surface area (Å²) in [5.74, 6) is -0.228. The Bertz CT molecular complexity index is 476. The van der Waals surface area contributed by atoms with Crippen molar-refractivity contribution in [1.29, 1.82) is 5.26 Å². The highest BCUT2D eigenvalue weighted by molar-refractivity contribution is 7.91. The molecular formula is C11H17N3O3S. The fraction of sp³-hybridized carbons (Fsp3) is 0.636. The van der Waals surface area contributed by atoms with Crippen LogP contribution in [0, 0.1) is 11.3 Å². The molecule has 1 unspecified atom stereocenters. The summed E-state index contributed by atoms with van der Waals surface area (Å²) in [7, 11) is -2.96. The minimum Gasteiger partial charge on any atom is -0.386 e. The minimum atomic E-state index is -2.96. The van der Waals surface area contributed by atoms with Gasteiger partial charge in [-0.25, -0.2) is 8.42 Å². The SMILES string of the molecule is CCCNC(=O)/C(C#N)=C\NC1CCS(=O)(=O)C1. The molecule has 1 aliphatic heterocycles. The molecule has 7 heteroatoms. The second kappa shape index (κ2) is 6.40. The molecule has 1 atom stereocenters. The molecule has 6 nitrogen and oxygen atoms in total. The second-order valence-corrected chi connectivity index (χ2v) is 6.42. The number of carbonyl (C=O) groups excluding carboxylic acids is 1. The van der Waals surface area contributed by atoms with Gasteiger partial charge in [-0.2, -0.15) is 5.26 Å². The van der Waals surface area contributed by atoms with Crippen molar-refractivity contribution in [3.05, 3.63) is 11.8 Å². The quantitative estimate of drug-likeness (QED) is 0.528. The smallest absolute Gasteiger partial charge is 0.263 e. The van der Waals surface area contributed by atoms with E-state index in [0.29, 0.717) is 13.0 Å². The summed E-state index contributed by atoms with van der Waals surface area (Å²) >= 11 is 0. The van der Waals surface area contributed by atoms with Crippen LogP contribution in [0.3, 0.4) is 0 Å². The number of hydrogen-bond acceptors (Lipinski definition) is 5. The molecule has 0 saturated carbocycles. The first kappa shape index (κ1) is 14.5. The largest absolute Gasteiger partial charge is 0.386 e. The molecule has 1 saturated heterocycles. The Morgan fingerprint density at radius 2 is 2.28 bits per heavy atom. The van der Waals surface area contributed by atoms with Crippen LogP contribution in [0.4, 0.5) is 0 Å². The van der Waals surface area contributed by atoms with Gasteiger partial charge in [0.05, 0.1) is 11.5 Å². The lowest BCUT2D eigenvalue weighted by molar-refractivity contribution is -0.117. The molecule has 1 aliphatic rings. The number of rotatable bonds is 5. The van der Waals surface area contributed by atoms with Crippen molar-refractivity contribution in [3.8, 4) is 6.07 Å². The molecule has 1 rings (SSSR count). The van der Waals surface area contributed by atoms with Gasteiger partial charge in [0.25, 0.3) is 5.91 Å². The normalized spacial score (nSPS) is 22.2. The van der Waals surface area contributed by atoms with E-state index < -0.39 is 15.7 Å². The third kappa shape index (κ3) is 4.37. The van der Waals surface area contributed by atoms with Crippen molar-refractivity contribution in [2.24, 2.45) is 0 Å². The molecule has 0 radical (unpaired) electrons. The lowest BCUT2D eigenvalue weighted by Crippen LogP contribution is -2.29. The Morgan fingerprint density at radius 1 is 1.56 bits per heavy atom. The highest BCUT2D eigenvalue weighted by atomic mass is 32.2. The fourth-order valence-corrected chi connectivity index (χ4v) is 3.30. The third-order valence-corrected chi connectivity index (χ3v) is 4.36. The van der Waals surface area contributed by atoms with E-state index in [0.717, 1.165) is 6.42 Å². The van der Waals surface area contributed by atoms with E-state index in [1.54, 1.807) is 6.07 Å². The Kier molecular flexibility index (Phi) is 5.16. The number of nitrogens with one attached hydrogen (secondary N) is 2. The summed E-state index contributed by atoms with van der Waals surface area (Å²) < 4.78 is 22.5. The lowest BCUT2D eigenvalue weighted by atomic mass is 10.2. The number of hydrogen-bond donors (Lipinski definition) is 2. The maximum absolute atomic E-state index is 11.5. The van der Waals surface area contributed by atoms with Crippen LogP contribution in [-0.4, -0.2) is 38.4 Å². The zero-order valence-corrected chi connectivity index (χ0v) is 11.1. The molecule has 1 fully saturated rings. The summed E-state index contributed by atoms with van der Waals surface area (Å²) in [6, 6.07) is 1.58. The van der Waals surface area contributed by atoms with Crippen molar-refractivity contribution in [2.75, 3.05) is 18.1 Å². The average Bonchev–Trinajstić information content (AvgIpc) is 2.67. The Hall–Kier alpha value is -1.55. The number of amides is 1. The molecule has 0 aromatic rings. The topological polar surface area (TPSA) is 99.1 Å². The highest BCUT2D eigenvalue weighted by Gasteiger charge is 2.27. The van der Waals surface area contributed by atoms with E-state index >= 15 is 0 Å². The molecule has 0 aromatic heterocycles. The van der Waals surface area contributed by atoms with E-state index in [2.05, 4.69) is 10.6 Å². The third-order valence-electron chi connectivity index (χ3n) is 2.60. The van der Waals surface area contributed by atoms with Crippen molar-refractivity contribution < 1.29 is 13.2 Å². The predicted octanol–water partition coefficient (Wildman–Crippen LogP) is -0.303. The van der Waals surface area contributed by atoms with Crippen LogP contribution in [0.1, 0.15) is 19.8 Å². The van der Waals surface area contributed by atoms with E-state index in [9.17, 15) is 13.2 Å². The number of carbonyl (C=O) groups is 1. The number of nitriles is 1. The van der Waals surface area contributed by atoms with Gasteiger partial charge in [0.15, 0.2) is 9.84 Å². The zero-order chi connectivity index (χ0) is 13.6. The standard InChI is InChI=1S/C11H17N3O3S/c1-2-4-13-11(15)9(6-12)7-14-10-3-5-18(16,17)8-10/h7,10,14H,2-5,8H2,1H3,(H,13,15)/b9-7-. The van der Waals surface area contributed by atoms with Gasteiger partial charge < -0.3 is 10.6 Å². The summed E-state index contributed by atoms with van der Waals surface area (Å²) in [6.07, 6.45) is 2.60. The fourth-order valence-electron chi connectivity index (χ4n) is 1.61. The van der Waals surface area contributed by atoms with Gasteiger partial charge in [0.1, 0.15) is 11.6 Å². The monoisotopic (exact) mass is 271 g/mol. The first-order chi connectivity index (χ1) is 8.48. The van der Waals surface area contributed by atoms with Crippen LogP contribution in [-0.2, 0) is 14.6 Å². The summed E-state index contributed by atoms with van der Waals surface area (Å²) in [4.78, 5) is 11.5. The molecule has 2 N–H and O–H groups in total. The second-order valence-electron chi connectivity index (χ2n) is 4.19. The van der Waals surface area contributed by atoms with Gasteiger partial charge in [-0.15, -0.1) is 0 Å². The molecule has 100 valence electrons. The molecule has 0 spiro atoms. The van der Waals surface area contributed by atoms with Crippen LogP contribution in [0.25, 0.3) is 0 Å². The Balaban J connectivity index is 2.54. The lowest BCUT2D eigenvalue weighted by Gasteiger charge is -2.08. The first-order valence-electron chi connectivity index (χ1n) is 5.83. The van der Waals surface area contributed by atoms with Gasteiger partial charge in [-0.1, -0.05) is 6.92 Å². The Morgan fingerprint density at radius 3 is 2.78 bits per heavy atom. The number of nitrogens with zero attached hydrogens (tertiary/aromatic N) is 1. The molecule has 0 aromatic carbocycles. The van der Waals surface area contributed by atoms with Crippen molar-refractivity contribution in [3.63, 3.8) is 0 Å². The van der Waals surface area contributed by atoms with Crippen LogP contribution < -0.4 is 10.6 Å². The average molecular weight is 271 g/mol. The maximum atomic E-state index is 11.5. The van der Waals surface area contributed by atoms with E-state index in [1.165, 1.54) is 6.20 Å². The van der Waals surface area contributed by atoms with Gasteiger partial charge in [-0.3, -0.25) is 4.79 Å². The van der Waals surface area contributed by atoms with Crippen LogP contribution in [0.5, 0.6) is 0 Å². The first-order valence-corrected chi connectivity index (χ1v) is 7.65. The van der Waals surface area contributed by atoms with Gasteiger partial charge in [0.2, 0.25) is 0 Å². The molecule has 0 bridgehead atoms. The summed E-state index contributed by atoms with van der Waals surface area (Å²) in [6.45, 7) is 2.42. The predicted molar refractivity (Wildman–Crippen MR) is 67.2 cm³/mol. The van der Waals surface area contributed by atoms with Crippen molar-refractivity contribution in [1.82, 2.24) is 10.6 Å². The van der Waals surface area contributed by atoms with Gasteiger partial charge >= 0.3 is 0 Å². The minimum absolute atomic E-state index is 0.0345. The van der Waals surface area contributed by atoms with Gasteiger partial charge in [0, 0.05) is 18.8 Å². The van der Waals surface area contributed by atoms with Crippen molar-refractivity contribution >= 4 is 15.7 Å². The molecule has 1 amide bonds. The van der Waals surface area contributed by atoms with E-state index in [1.807, 2.05) is 6.92 Å². The van der Waals surface area contributed by atoms with E-state index in [4.69, 9.17) is 5.26 Å². The molecule has 1 heterocycles. The van der Waals surface area contributed by atoms with Crippen LogP contribution in [0.2, 0.25) is 0 Å². The van der Waals surface area contributed by atoms with Crippen LogP contribution >= 0.6 is 0 Å². The molecular weight excluding hydrogens is 254 g/mol. The maximum Gasteiger partial charge on any atom is 0.263 e. The zero-order valence-electron chi connectivity index (χ0n) is 10.3. The summed E-state index contributed by atoms with van der Waals surface area (Å²) in [5, 5.41) is 14.2. The van der Waals surface area contributed by atoms with Gasteiger partial charge in [-0.05, 0) is 12.8 Å². The highest BCUT2D eigenvalue weighted by Crippen LogP contribution is 2.11. The molecule has 0 aliphatic carbocycles.